The van der Waals surface area contributed by atoms with Crippen LogP contribution >= 0.6 is 0 Å². The molecule has 0 atom stereocenters. The summed E-state index contributed by atoms with van der Waals surface area (Å²) < 4.78 is 5.27. The fraction of sp³-hybridized carbons (Fsp3) is 0.538. The van der Waals surface area contributed by atoms with Crippen LogP contribution in [-0.2, 0) is 4.74 Å². The monoisotopic (exact) mass is 249 g/mol. The first-order chi connectivity index (χ1) is 8.69. The molecule has 0 unspecified atom stereocenters. The van der Waals surface area contributed by atoms with Gasteiger partial charge < -0.3 is 15.4 Å². The molecule has 2 N–H and O–H groups in total. The number of aromatic nitrogens is 1. The largest absolute Gasteiger partial charge is 0.381 e. The van der Waals surface area contributed by atoms with Crippen LogP contribution in [0.1, 0.15) is 28.9 Å². The first-order valence-corrected chi connectivity index (χ1v) is 6.24. The van der Waals surface area contributed by atoms with E-state index in [4.69, 9.17) is 4.74 Å². The van der Waals surface area contributed by atoms with E-state index >= 15 is 0 Å². The Hall–Kier alpha value is -1.62. The van der Waals surface area contributed by atoms with Gasteiger partial charge in [-0.25, -0.2) is 4.98 Å². The molecule has 0 aromatic carbocycles. The van der Waals surface area contributed by atoms with Crippen molar-refractivity contribution in [2.45, 2.75) is 25.8 Å². The van der Waals surface area contributed by atoms with Crippen molar-refractivity contribution in [1.29, 1.82) is 0 Å². The second kappa shape index (κ2) is 5.82. The van der Waals surface area contributed by atoms with E-state index in [9.17, 15) is 4.79 Å². The molecule has 1 aromatic heterocycles. The maximum Gasteiger partial charge on any atom is 0.251 e. The van der Waals surface area contributed by atoms with Crippen LogP contribution in [0, 0.1) is 6.92 Å². The minimum Gasteiger partial charge on any atom is -0.381 e. The first-order valence-electron chi connectivity index (χ1n) is 6.24. The van der Waals surface area contributed by atoms with Crippen molar-refractivity contribution in [3.63, 3.8) is 0 Å². The van der Waals surface area contributed by atoms with Crippen LogP contribution in [0.3, 0.4) is 0 Å². The number of carbonyl (C=O) groups excluding carboxylic acids is 1. The molecule has 1 aliphatic rings. The van der Waals surface area contributed by atoms with Crippen LogP contribution in [0.25, 0.3) is 0 Å². The van der Waals surface area contributed by atoms with Crippen LogP contribution in [0.4, 0.5) is 5.82 Å². The van der Waals surface area contributed by atoms with E-state index in [1.165, 1.54) is 0 Å². The van der Waals surface area contributed by atoms with Gasteiger partial charge in [-0.05, 0) is 31.9 Å². The smallest absolute Gasteiger partial charge is 0.251 e. The maximum absolute atomic E-state index is 12.1. The van der Waals surface area contributed by atoms with Crippen LogP contribution in [-0.4, -0.2) is 37.2 Å². The van der Waals surface area contributed by atoms with E-state index in [2.05, 4.69) is 15.6 Å². The third-order valence-corrected chi connectivity index (χ3v) is 3.03. The van der Waals surface area contributed by atoms with Gasteiger partial charge in [0.15, 0.2) is 0 Å². The molecule has 0 bridgehead atoms. The predicted molar refractivity (Wildman–Crippen MR) is 69.8 cm³/mol. The Kier molecular flexibility index (Phi) is 4.15. The van der Waals surface area contributed by atoms with Gasteiger partial charge in [-0.1, -0.05) is 0 Å². The molecule has 1 saturated heterocycles. The SMILES string of the molecule is CNc1cc(C(=O)NC2CCOCC2)cc(C)n1. The average Bonchev–Trinajstić information content (AvgIpc) is 2.39. The summed E-state index contributed by atoms with van der Waals surface area (Å²) in [4.78, 5) is 16.4. The summed E-state index contributed by atoms with van der Waals surface area (Å²) in [6.45, 7) is 3.33. The molecule has 0 aliphatic carbocycles. The summed E-state index contributed by atoms with van der Waals surface area (Å²) in [6, 6.07) is 3.79. The zero-order valence-electron chi connectivity index (χ0n) is 10.8. The zero-order valence-corrected chi connectivity index (χ0v) is 10.8. The van der Waals surface area contributed by atoms with Crippen molar-refractivity contribution < 1.29 is 9.53 Å². The zero-order chi connectivity index (χ0) is 13.0. The molecule has 5 nitrogen and oxygen atoms in total. The highest BCUT2D eigenvalue weighted by Gasteiger charge is 2.17. The Morgan fingerprint density at radius 3 is 2.78 bits per heavy atom. The standard InChI is InChI=1S/C13H19N3O2/c1-9-7-10(8-12(14-2)15-9)13(17)16-11-3-5-18-6-4-11/h7-8,11H,3-6H2,1-2H3,(H,14,15)(H,16,17). The Labute approximate surface area is 107 Å². The molecule has 0 saturated carbocycles. The van der Waals surface area contributed by atoms with Crippen LogP contribution < -0.4 is 10.6 Å². The van der Waals surface area contributed by atoms with Crippen molar-refractivity contribution in [2.75, 3.05) is 25.6 Å². The molecule has 18 heavy (non-hydrogen) atoms. The lowest BCUT2D eigenvalue weighted by Gasteiger charge is -2.23. The quantitative estimate of drug-likeness (QED) is 0.848. The highest BCUT2D eigenvalue weighted by Crippen LogP contribution is 2.12. The number of nitrogens with one attached hydrogen (secondary N) is 2. The lowest BCUT2D eigenvalue weighted by atomic mass is 10.1. The number of aryl methyl sites for hydroxylation is 1. The summed E-state index contributed by atoms with van der Waals surface area (Å²) in [7, 11) is 1.79. The second-order valence-electron chi connectivity index (χ2n) is 4.49. The van der Waals surface area contributed by atoms with Crippen molar-refractivity contribution in [3.8, 4) is 0 Å². The molecule has 1 fully saturated rings. The lowest BCUT2D eigenvalue weighted by molar-refractivity contribution is 0.0696. The fourth-order valence-electron chi connectivity index (χ4n) is 2.04. The minimum absolute atomic E-state index is 0.0381. The number of ether oxygens (including phenoxy) is 1. The maximum atomic E-state index is 12.1. The number of pyridine rings is 1. The lowest BCUT2D eigenvalue weighted by Crippen LogP contribution is -2.38. The molecule has 2 rings (SSSR count). The summed E-state index contributed by atoms with van der Waals surface area (Å²) in [5.41, 5.74) is 1.48. The van der Waals surface area contributed by atoms with Gasteiger partial charge in [-0.15, -0.1) is 0 Å². The van der Waals surface area contributed by atoms with Crippen molar-refractivity contribution >= 4 is 11.7 Å². The normalized spacial score (nSPS) is 16.3. The van der Waals surface area contributed by atoms with Crippen LogP contribution in [0.2, 0.25) is 0 Å². The molecule has 0 spiro atoms. The Bertz CT molecular complexity index is 428. The molecule has 5 heteroatoms. The third kappa shape index (κ3) is 3.20. The van der Waals surface area contributed by atoms with E-state index in [1.54, 1.807) is 19.2 Å². The predicted octanol–water partition coefficient (Wildman–Crippen LogP) is 1.34. The highest BCUT2D eigenvalue weighted by molar-refractivity contribution is 5.95. The van der Waals surface area contributed by atoms with Gasteiger partial charge in [0, 0.05) is 37.6 Å². The van der Waals surface area contributed by atoms with E-state index in [-0.39, 0.29) is 11.9 Å². The Morgan fingerprint density at radius 1 is 1.39 bits per heavy atom. The fourth-order valence-corrected chi connectivity index (χ4v) is 2.04. The minimum atomic E-state index is -0.0381. The van der Waals surface area contributed by atoms with E-state index < -0.39 is 0 Å². The summed E-state index contributed by atoms with van der Waals surface area (Å²) in [6.07, 6.45) is 1.77. The number of amides is 1. The number of rotatable bonds is 3. The number of hydrogen-bond donors (Lipinski definition) is 2. The van der Waals surface area contributed by atoms with Gasteiger partial charge in [0.1, 0.15) is 5.82 Å². The van der Waals surface area contributed by atoms with Gasteiger partial charge in [0.05, 0.1) is 0 Å². The summed E-state index contributed by atoms with van der Waals surface area (Å²) >= 11 is 0. The third-order valence-electron chi connectivity index (χ3n) is 3.03. The average molecular weight is 249 g/mol. The molecule has 2 heterocycles. The van der Waals surface area contributed by atoms with Crippen LogP contribution in [0.5, 0.6) is 0 Å². The van der Waals surface area contributed by atoms with E-state index in [1.807, 2.05) is 6.92 Å². The van der Waals surface area contributed by atoms with Gasteiger partial charge in [-0.2, -0.15) is 0 Å². The summed E-state index contributed by atoms with van der Waals surface area (Å²) in [5.74, 6) is 0.677. The molecule has 1 amide bonds. The number of nitrogens with zero attached hydrogens (tertiary/aromatic N) is 1. The van der Waals surface area contributed by atoms with Gasteiger partial charge in [0.25, 0.3) is 5.91 Å². The molecule has 1 aromatic rings. The van der Waals surface area contributed by atoms with Crippen molar-refractivity contribution in [2.24, 2.45) is 0 Å². The number of anilines is 1. The van der Waals surface area contributed by atoms with Gasteiger partial charge in [-0.3, -0.25) is 4.79 Å². The van der Waals surface area contributed by atoms with Gasteiger partial charge in [0.2, 0.25) is 0 Å². The Morgan fingerprint density at radius 2 is 2.11 bits per heavy atom. The summed E-state index contributed by atoms with van der Waals surface area (Å²) in [5, 5.41) is 5.99. The molecule has 1 aliphatic heterocycles. The first kappa shape index (κ1) is 12.8. The van der Waals surface area contributed by atoms with Crippen LogP contribution in [0.15, 0.2) is 12.1 Å². The van der Waals surface area contributed by atoms with Crippen molar-refractivity contribution in [3.05, 3.63) is 23.4 Å². The molecule has 0 radical (unpaired) electrons. The molecular formula is C13H19N3O2. The van der Waals surface area contributed by atoms with E-state index in [0.29, 0.717) is 11.4 Å². The molecular weight excluding hydrogens is 230 g/mol. The topological polar surface area (TPSA) is 63.2 Å². The van der Waals surface area contributed by atoms with Gasteiger partial charge >= 0.3 is 0 Å². The number of hydrogen-bond acceptors (Lipinski definition) is 4. The second-order valence-corrected chi connectivity index (χ2v) is 4.49. The number of carbonyl (C=O) groups is 1. The highest BCUT2D eigenvalue weighted by atomic mass is 16.5. The molecule has 98 valence electrons. The van der Waals surface area contributed by atoms with Crippen molar-refractivity contribution in [1.82, 2.24) is 10.3 Å². The Balaban J connectivity index is 2.05. The van der Waals surface area contributed by atoms with E-state index in [0.717, 1.165) is 31.7 Å².